The van der Waals surface area contributed by atoms with Gasteiger partial charge in [-0.3, -0.25) is 0 Å². The summed E-state index contributed by atoms with van der Waals surface area (Å²) in [6.07, 6.45) is -6.19. The van der Waals surface area contributed by atoms with Crippen LogP contribution in [0.3, 0.4) is 0 Å². The molecule has 3 atom stereocenters. The average molecular weight is 184 g/mol. The Morgan fingerprint density at radius 1 is 1.58 bits per heavy atom. The van der Waals surface area contributed by atoms with Gasteiger partial charge in [0.1, 0.15) is 12.2 Å². The molecule has 0 aromatic carbocycles. The molecule has 3 N–H and O–H groups in total. The van der Waals surface area contributed by atoms with E-state index in [2.05, 4.69) is 4.74 Å². The number of halogens is 2. The van der Waals surface area contributed by atoms with E-state index < -0.39 is 30.8 Å². The minimum Gasteiger partial charge on any atom is -0.394 e. The van der Waals surface area contributed by atoms with E-state index in [0.717, 1.165) is 0 Å². The molecular formula is C6H10F2O4. The Balaban J connectivity index is 2.81. The smallest absolute Gasteiger partial charge is 0.272 e. The zero-order valence-electron chi connectivity index (χ0n) is 6.15. The SMILES string of the molecule is OCC1OCC(O)C1(O)C(F)F. The summed E-state index contributed by atoms with van der Waals surface area (Å²) in [7, 11) is 0. The van der Waals surface area contributed by atoms with E-state index in [9.17, 15) is 13.9 Å². The average Bonchev–Trinajstić information content (AvgIpc) is 2.30. The first-order valence-electron chi connectivity index (χ1n) is 3.44. The maximum absolute atomic E-state index is 12.2. The Kier molecular flexibility index (Phi) is 2.62. The lowest BCUT2D eigenvalue weighted by Gasteiger charge is -2.28. The van der Waals surface area contributed by atoms with Crippen LogP contribution in [0.5, 0.6) is 0 Å². The third kappa shape index (κ3) is 1.20. The largest absolute Gasteiger partial charge is 0.394 e. The second-order valence-corrected chi connectivity index (χ2v) is 2.71. The van der Waals surface area contributed by atoms with E-state index in [0.29, 0.717) is 0 Å². The summed E-state index contributed by atoms with van der Waals surface area (Å²) in [6, 6.07) is 0. The van der Waals surface area contributed by atoms with Crippen molar-refractivity contribution in [1.82, 2.24) is 0 Å². The molecule has 0 amide bonds. The summed E-state index contributed by atoms with van der Waals surface area (Å²) in [5.41, 5.74) is -2.63. The van der Waals surface area contributed by atoms with Gasteiger partial charge >= 0.3 is 0 Å². The van der Waals surface area contributed by atoms with Gasteiger partial charge in [0.15, 0.2) is 5.60 Å². The molecular weight excluding hydrogens is 174 g/mol. The summed E-state index contributed by atoms with van der Waals surface area (Å²) in [5.74, 6) is 0. The van der Waals surface area contributed by atoms with E-state index in [1.807, 2.05) is 0 Å². The van der Waals surface area contributed by atoms with E-state index >= 15 is 0 Å². The van der Waals surface area contributed by atoms with Crippen LogP contribution in [0, 0.1) is 0 Å². The fourth-order valence-electron chi connectivity index (χ4n) is 1.17. The van der Waals surface area contributed by atoms with E-state index in [1.54, 1.807) is 0 Å². The number of hydrogen-bond acceptors (Lipinski definition) is 4. The van der Waals surface area contributed by atoms with Gasteiger partial charge in [0.2, 0.25) is 0 Å². The predicted molar refractivity (Wildman–Crippen MR) is 33.8 cm³/mol. The van der Waals surface area contributed by atoms with Crippen molar-refractivity contribution in [2.75, 3.05) is 13.2 Å². The molecule has 0 aliphatic carbocycles. The first kappa shape index (κ1) is 9.79. The van der Waals surface area contributed by atoms with Crippen molar-refractivity contribution in [2.24, 2.45) is 0 Å². The van der Waals surface area contributed by atoms with Crippen LogP contribution in [0.4, 0.5) is 8.78 Å². The van der Waals surface area contributed by atoms with Gasteiger partial charge in [-0.15, -0.1) is 0 Å². The summed E-state index contributed by atoms with van der Waals surface area (Å²) in [5, 5.41) is 26.7. The summed E-state index contributed by atoms with van der Waals surface area (Å²) in [6.45, 7) is -1.12. The van der Waals surface area contributed by atoms with Crippen LogP contribution in [0.25, 0.3) is 0 Å². The molecule has 1 fully saturated rings. The predicted octanol–water partition coefficient (Wildman–Crippen LogP) is -1.27. The Morgan fingerprint density at radius 2 is 2.17 bits per heavy atom. The second-order valence-electron chi connectivity index (χ2n) is 2.71. The zero-order chi connectivity index (χ0) is 9.35. The molecule has 0 aromatic heterocycles. The van der Waals surface area contributed by atoms with Crippen LogP contribution < -0.4 is 0 Å². The number of rotatable bonds is 2. The molecule has 3 unspecified atom stereocenters. The van der Waals surface area contributed by atoms with E-state index in [-0.39, 0.29) is 6.61 Å². The first-order valence-corrected chi connectivity index (χ1v) is 3.44. The molecule has 12 heavy (non-hydrogen) atoms. The number of alkyl halides is 2. The highest BCUT2D eigenvalue weighted by atomic mass is 19.3. The molecule has 0 spiro atoms. The van der Waals surface area contributed by atoms with Gasteiger partial charge in [-0.25, -0.2) is 8.78 Å². The van der Waals surface area contributed by atoms with Crippen LogP contribution in [-0.4, -0.2) is 52.8 Å². The number of aliphatic hydroxyl groups excluding tert-OH is 2. The van der Waals surface area contributed by atoms with Crippen molar-refractivity contribution in [3.8, 4) is 0 Å². The molecule has 6 heteroatoms. The van der Waals surface area contributed by atoms with Crippen molar-refractivity contribution < 1.29 is 28.8 Å². The van der Waals surface area contributed by atoms with Crippen molar-refractivity contribution in [2.45, 2.75) is 24.2 Å². The fraction of sp³-hybridized carbons (Fsp3) is 1.00. The van der Waals surface area contributed by atoms with E-state index in [4.69, 9.17) is 10.2 Å². The van der Waals surface area contributed by atoms with Gasteiger partial charge in [0, 0.05) is 0 Å². The number of aliphatic hydroxyl groups is 3. The summed E-state index contributed by atoms with van der Waals surface area (Å²) >= 11 is 0. The highest BCUT2D eigenvalue weighted by molar-refractivity contribution is 5.00. The Labute approximate surface area is 67.4 Å². The number of ether oxygens (including phenoxy) is 1. The van der Waals surface area contributed by atoms with Gasteiger partial charge in [0.05, 0.1) is 13.2 Å². The molecule has 1 aliphatic rings. The first-order chi connectivity index (χ1) is 5.53. The quantitative estimate of drug-likeness (QED) is 0.500. The lowest BCUT2D eigenvalue weighted by Crippen LogP contribution is -2.54. The molecule has 1 heterocycles. The molecule has 0 saturated carbocycles. The van der Waals surface area contributed by atoms with Gasteiger partial charge in [0.25, 0.3) is 6.43 Å². The van der Waals surface area contributed by atoms with Gasteiger partial charge in [-0.05, 0) is 0 Å². The lowest BCUT2D eigenvalue weighted by molar-refractivity contribution is -0.172. The summed E-state index contributed by atoms with van der Waals surface area (Å²) < 4.78 is 29.0. The van der Waals surface area contributed by atoms with Gasteiger partial charge < -0.3 is 20.1 Å². The number of hydrogen-bond donors (Lipinski definition) is 3. The summed E-state index contributed by atoms with van der Waals surface area (Å²) in [4.78, 5) is 0. The van der Waals surface area contributed by atoms with E-state index in [1.165, 1.54) is 0 Å². The van der Waals surface area contributed by atoms with Crippen LogP contribution in [0.1, 0.15) is 0 Å². The lowest BCUT2D eigenvalue weighted by atomic mass is 9.94. The third-order valence-corrected chi connectivity index (χ3v) is 2.02. The maximum atomic E-state index is 12.2. The monoisotopic (exact) mass is 184 g/mol. The molecule has 0 aromatic rings. The third-order valence-electron chi connectivity index (χ3n) is 2.02. The zero-order valence-corrected chi connectivity index (χ0v) is 6.15. The molecule has 0 radical (unpaired) electrons. The normalized spacial score (nSPS) is 42.5. The van der Waals surface area contributed by atoms with Crippen molar-refractivity contribution >= 4 is 0 Å². The highest BCUT2D eigenvalue weighted by Gasteiger charge is 2.56. The Morgan fingerprint density at radius 3 is 2.50 bits per heavy atom. The highest BCUT2D eigenvalue weighted by Crippen LogP contribution is 2.31. The standard InChI is InChI=1S/C6H10F2O4/c7-5(8)6(11)3(10)2-12-4(6)1-9/h3-5,9-11H,1-2H2. The fourth-order valence-corrected chi connectivity index (χ4v) is 1.17. The molecule has 0 bridgehead atoms. The maximum Gasteiger partial charge on any atom is 0.272 e. The van der Waals surface area contributed by atoms with Crippen molar-refractivity contribution in [3.05, 3.63) is 0 Å². The topological polar surface area (TPSA) is 69.9 Å². The van der Waals surface area contributed by atoms with Crippen molar-refractivity contribution in [3.63, 3.8) is 0 Å². The minimum absolute atomic E-state index is 0.383. The Hall–Kier alpha value is -0.300. The molecule has 4 nitrogen and oxygen atoms in total. The van der Waals surface area contributed by atoms with Crippen LogP contribution in [0.15, 0.2) is 0 Å². The Bertz CT molecular complexity index is 166. The molecule has 72 valence electrons. The van der Waals surface area contributed by atoms with Gasteiger partial charge in [-0.2, -0.15) is 0 Å². The molecule has 1 aliphatic heterocycles. The second kappa shape index (κ2) is 3.21. The minimum atomic E-state index is -3.13. The van der Waals surface area contributed by atoms with Crippen LogP contribution in [-0.2, 0) is 4.74 Å². The van der Waals surface area contributed by atoms with Crippen LogP contribution >= 0.6 is 0 Å². The molecule has 1 rings (SSSR count). The molecule has 1 saturated heterocycles. The van der Waals surface area contributed by atoms with Crippen molar-refractivity contribution in [1.29, 1.82) is 0 Å². The van der Waals surface area contributed by atoms with Gasteiger partial charge in [-0.1, -0.05) is 0 Å². The van der Waals surface area contributed by atoms with Crippen LogP contribution in [0.2, 0.25) is 0 Å².